The predicted octanol–water partition coefficient (Wildman–Crippen LogP) is 2.23. The van der Waals surface area contributed by atoms with Crippen molar-refractivity contribution >= 4 is 23.5 Å². The van der Waals surface area contributed by atoms with Gasteiger partial charge in [0.05, 0.1) is 31.7 Å². The summed E-state index contributed by atoms with van der Waals surface area (Å²) in [5, 5.41) is 0. The Hall–Kier alpha value is -3.15. The van der Waals surface area contributed by atoms with Crippen LogP contribution in [0.4, 0.5) is 5.69 Å². The highest BCUT2D eigenvalue weighted by atomic mass is 16.5. The number of fused-ring (bicyclic) bond motifs is 1. The van der Waals surface area contributed by atoms with E-state index in [1.165, 1.54) is 12.0 Å². The Morgan fingerprint density at radius 2 is 1.63 bits per heavy atom. The molecule has 2 aromatic rings. The third-order valence-electron chi connectivity index (χ3n) is 5.56. The molecule has 1 heterocycles. The van der Waals surface area contributed by atoms with E-state index in [-0.39, 0.29) is 11.8 Å². The highest BCUT2D eigenvalue weighted by Crippen LogP contribution is 2.66. The molecule has 138 valence electrons. The molecule has 2 aliphatic rings. The highest BCUT2D eigenvalue weighted by Gasteiger charge is 2.83. The van der Waals surface area contributed by atoms with E-state index in [9.17, 15) is 14.4 Å². The van der Waals surface area contributed by atoms with Crippen LogP contribution in [0, 0.1) is 18.8 Å². The van der Waals surface area contributed by atoms with Gasteiger partial charge in [-0.25, -0.2) is 4.90 Å². The number of carbonyl (C=O) groups is 3. The third-order valence-corrected chi connectivity index (χ3v) is 5.56. The van der Waals surface area contributed by atoms with E-state index in [4.69, 9.17) is 9.47 Å². The molecule has 1 saturated heterocycles. The topological polar surface area (TPSA) is 72.9 Å². The van der Waals surface area contributed by atoms with Crippen molar-refractivity contribution in [1.82, 2.24) is 0 Å². The van der Waals surface area contributed by atoms with Gasteiger partial charge < -0.3 is 9.47 Å². The summed E-state index contributed by atoms with van der Waals surface area (Å²) in [6, 6.07) is 14.1. The third kappa shape index (κ3) is 2.22. The van der Waals surface area contributed by atoms with Gasteiger partial charge in [0.15, 0.2) is 0 Å². The Labute approximate surface area is 156 Å². The number of nitrogens with zero attached hydrogens (tertiary/aromatic N) is 1. The number of carbonyl (C=O) groups excluding carboxylic acids is 3. The Morgan fingerprint density at radius 3 is 2.19 bits per heavy atom. The minimum absolute atomic E-state index is 0.374. The van der Waals surface area contributed by atoms with Crippen LogP contribution in [0.25, 0.3) is 0 Å². The average Bonchev–Trinajstić information content (AvgIpc) is 3.33. The van der Waals surface area contributed by atoms with Crippen LogP contribution in [0.1, 0.15) is 11.1 Å². The van der Waals surface area contributed by atoms with Gasteiger partial charge in [-0.2, -0.15) is 0 Å². The number of piperidine rings is 1. The van der Waals surface area contributed by atoms with Crippen LogP contribution >= 0.6 is 0 Å². The number of esters is 1. The van der Waals surface area contributed by atoms with Crippen LogP contribution in [0.15, 0.2) is 48.5 Å². The monoisotopic (exact) mass is 365 g/mol. The molecule has 2 aromatic carbocycles. The quantitative estimate of drug-likeness (QED) is 0.614. The summed E-state index contributed by atoms with van der Waals surface area (Å²) in [5.41, 5.74) is 0.986. The molecule has 0 spiro atoms. The Kier molecular flexibility index (Phi) is 3.80. The number of imide groups is 1. The van der Waals surface area contributed by atoms with Crippen LogP contribution in [0.5, 0.6) is 5.75 Å². The molecule has 0 radical (unpaired) electrons. The molecule has 2 amide bonds. The average molecular weight is 365 g/mol. The molecule has 3 unspecified atom stereocenters. The SMILES string of the molecule is COC(=O)C1C2C(=O)N(c3ccc(OC)cc3)C(=O)C12c1ccc(C)cc1. The molecule has 4 rings (SSSR count). The molecule has 2 fully saturated rings. The first-order chi connectivity index (χ1) is 13.0. The molecule has 1 aliphatic carbocycles. The zero-order valence-electron chi connectivity index (χ0n) is 15.3. The van der Waals surface area contributed by atoms with Crippen molar-refractivity contribution in [3.8, 4) is 5.75 Å². The first-order valence-corrected chi connectivity index (χ1v) is 8.64. The normalized spacial score (nSPS) is 26.0. The fourth-order valence-corrected chi connectivity index (χ4v) is 4.15. The number of aryl methyl sites for hydroxylation is 1. The van der Waals surface area contributed by atoms with Gasteiger partial charge in [0.25, 0.3) is 0 Å². The van der Waals surface area contributed by atoms with Gasteiger partial charge >= 0.3 is 5.97 Å². The summed E-state index contributed by atoms with van der Waals surface area (Å²) >= 11 is 0. The Balaban J connectivity index is 1.79. The van der Waals surface area contributed by atoms with Crippen molar-refractivity contribution in [2.75, 3.05) is 19.1 Å². The van der Waals surface area contributed by atoms with Gasteiger partial charge in [-0.1, -0.05) is 29.8 Å². The second kappa shape index (κ2) is 5.94. The number of hydrogen-bond acceptors (Lipinski definition) is 5. The van der Waals surface area contributed by atoms with Gasteiger partial charge in [0, 0.05) is 0 Å². The summed E-state index contributed by atoms with van der Waals surface area (Å²) in [6.07, 6.45) is 0. The number of benzene rings is 2. The summed E-state index contributed by atoms with van der Waals surface area (Å²) in [6.45, 7) is 1.94. The lowest BCUT2D eigenvalue weighted by molar-refractivity contribution is -0.145. The van der Waals surface area contributed by atoms with Crippen molar-refractivity contribution in [2.45, 2.75) is 12.3 Å². The molecule has 3 atom stereocenters. The molecule has 1 aliphatic heterocycles. The lowest BCUT2D eigenvalue weighted by Crippen LogP contribution is -2.40. The second-order valence-corrected chi connectivity index (χ2v) is 6.89. The molecular weight excluding hydrogens is 346 g/mol. The smallest absolute Gasteiger partial charge is 0.310 e. The van der Waals surface area contributed by atoms with Gasteiger partial charge in [0.1, 0.15) is 11.2 Å². The summed E-state index contributed by atoms with van der Waals surface area (Å²) in [4.78, 5) is 39.9. The second-order valence-electron chi connectivity index (χ2n) is 6.89. The van der Waals surface area contributed by atoms with E-state index < -0.39 is 23.2 Å². The van der Waals surface area contributed by atoms with Crippen molar-refractivity contribution < 1.29 is 23.9 Å². The van der Waals surface area contributed by atoms with Crippen LogP contribution in [0.3, 0.4) is 0 Å². The van der Waals surface area contributed by atoms with Crippen molar-refractivity contribution in [3.05, 3.63) is 59.7 Å². The minimum Gasteiger partial charge on any atom is -0.497 e. The van der Waals surface area contributed by atoms with Crippen molar-refractivity contribution in [3.63, 3.8) is 0 Å². The Morgan fingerprint density at radius 1 is 1.00 bits per heavy atom. The predicted molar refractivity (Wildman–Crippen MR) is 97.3 cm³/mol. The molecule has 6 heteroatoms. The highest BCUT2D eigenvalue weighted by molar-refractivity contribution is 6.31. The number of methoxy groups -OCH3 is 2. The van der Waals surface area contributed by atoms with Crippen LogP contribution in [-0.2, 0) is 24.5 Å². The van der Waals surface area contributed by atoms with Crippen molar-refractivity contribution in [1.29, 1.82) is 0 Å². The molecule has 0 aromatic heterocycles. The van der Waals surface area contributed by atoms with E-state index in [1.807, 2.05) is 31.2 Å². The number of ether oxygens (including phenoxy) is 2. The lowest BCUT2D eigenvalue weighted by Gasteiger charge is -2.22. The first-order valence-electron chi connectivity index (χ1n) is 8.64. The molecule has 0 N–H and O–H groups in total. The van der Waals surface area contributed by atoms with E-state index in [2.05, 4.69) is 0 Å². The van der Waals surface area contributed by atoms with Gasteiger partial charge in [-0.3, -0.25) is 14.4 Å². The lowest BCUT2D eigenvalue weighted by atomic mass is 9.91. The summed E-state index contributed by atoms with van der Waals surface area (Å²) < 4.78 is 10.00. The van der Waals surface area contributed by atoms with Crippen molar-refractivity contribution in [2.24, 2.45) is 11.8 Å². The van der Waals surface area contributed by atoms with E-state index in [1.54, 1.807) is 31.4 Å². The van der Waals surface area contributed by atoms with E-state index in [0.29, 0.717) is 17.0 Å². The fraction of sp³-hybridized carbons (Fsp3) is 0.286. The molecule has 1 saturated carbocycles. The van der Waals surface area contributed by atoms with Crippen LogP contribution in [0.2, 0.25) is 0 Å². The molecular formula is C21H19NO5. The van der Waals surface area contributed by atoms with Crippen LogP contribution < -0.4 is 9.64 Å². The summed E-state index contributed by atoms with van der Waals surface area (Å²) in [5.74, 6) is -2.18. The van der Waals surface area contributed by atoms with E-state index >= 15 is 0 Å². The summed E-state index contributed by atoms with van der Waals surface area (Å²) in [7, 11) is 2.82. The zero-order chi connectivity index (χ0) is 19.3. The number of hydrogen-bond donors (Lipinski definition) is 0. The number of anilines is 1. The van der Waals surface area contributed by atoms with Gasteiger partial charge in [0.2, 0.25) is 11.8 Å². The maximum atomic E-state index is 13.4. The van der Waals surface area contributed by atoms with E-state index in [0.717, 1.165) is 5.56 Å². The molecule has 27 heavy (non-hydrogen) atoms. The first kappa shape index (κ1) is 17.3. The number of rotatable bonds is 4. The maximum Gasteiger partial charge on any atom is 0.310 e. The number of amides is 2. The largest absolute Gasteiger partial charge is 0.497 e. The maximum absolute atomic E-state index is 13.4. The molecule has 6 nitrogen and oxygen atoms in total. The molecule has 0 bridgehead atoms. The fourth-order valence-electron chi connectivity index (χ4n) is 4.15. The Bertz CT molecular complexity index is 934. The zero-order valence-corrected chi connectivity index (χ0v) is 15.3. The van der Waals surface area contributed by atoms with Gasteiger partial charge in [-0.05, 0) is 36.8 Å². The van der Waals surface area contributed by atoms with Gasteiger partial charge in [-0.15, -0.1) is 0 Å². The minimum atomic E-state index is -1.18. The standard InChI is InChI=1S/C21H19NO5/c1-12-4-6-13(7-5-12)21-16(17(21)19(24)27-3)18(23)22(20(21)25)14-8-10-15(26-2)11-9-14/h4-11,16-17H,1-3H3. The van der Waals surface area contributed by atoms with Crippen LogP contribution in [-0.4, -0.2) is 32.0 Å².